The predicted octanol–water partition coefficient (Wildman–Crippen LogP) is 4.81. The van der Waals surface area contributed by atoms with Crippen molar-refractivity contribution >= 4 is 18.6 Å². The fourth-order valence-electron chi connectivity index (χ4n) is 2.79. The van der Waals surface area contributed by atoms with Crippen molar-refractivity contribution in [2.45, 2.75) is 19.0 Å². The van der Waals surface area contributed by atoms with E-state index in [4.69, 9.17) is 0 Å². The van der Waals surface area contributed by atoms with Gasteiger partial charge in [-0.3, -0.25) is 0 Å². The molecule has 5 heteroatoms. The molecule has 0 spiro atoms. The van der Waals surface area contributed by atoms with Crippen LogP contribution in [0.5, 0.6) is 0 Å². The number of anilines is 1. The fraction of sp³-hybridized carbons (Fsp3) is 0.176. The number of nitrogens with zero attached hydrogens (tertiary/aromatic N) is 1. The zero-order chi connectivity index (χ0) is 15.6. The summed E-state index contributed by atoms with van der Waals surface area (Å²) in [6.07, 6.45) is -3.24. The number of fused-ring (bicyclic) bond motifs is 1. The van der Waals surface area contributed by atoms with Crippen molar-refractivity contribution < 1.29 is 13.2 Å². The summed E-state index contributed by atoms with van der Waals surface area (Å²) in [5, 5.41) is 0. The zero-order valence-corrected chi connectivity index (χ0v) is 11.9. The van der Waals surface area contributed by atoms with E-state index in [-0.39, 0.29) is 0 Å². The average Bonchev–Trinajstić information content (AvgIpc) is 2.49. The SMILES string of the molecule is FC(F)(F)CB1C=Cc2ccccc2N1Cc1ccccc1. The lowest BCUT2D eigenvalue weighted by molar-refractivity contribution is -0.110. The Morgan fingerprint density at radius 1 is 0.909 bits per heavy atom. The van der Waals surface area contributed by atoms with Gasteiger partial charge in [0.25, 0.3) is 6.85 Å². The van der Waals surface area contributed by atoms with Crippen LogP contribution < -0.4 is 4.81 Å². The molecule has 1 nitrogen and oxygen atoms in total. The minimum absolute atomic E-state index is 0.461. The van der Waals surface area contributed by atoms with Crippen LogP contribution in [-0.4, -0.2) is 13.0 Å². The van der Waals surface area contributed by atoms with Crippen molar-refractivity contribution in [3.8, 4) is 0 Å². The van der Waals surface area contributed by atoms with E-state index < -0.39 is 19.3 Å². The van der Waals surface area contributed by atoms with Gasteiger partial charge in [-0.15, -0.1) is 0 Å². The molecule has 0 radical (unpaired) electrons. The molecule has 3 rings (SSSR count). The topological polar surface area (TPSA) is 3.24 Å². The van der Waals surface area contributed by atoms with Crippen LogP contribution in [0.3, 0.4) is 0 Å². The van der Waals surface area contributed by atoms with Crippen molar-refractivity contribution in [2.24, 2.45) is 0 Å². The fourth-order valence-corrected chi connectivity index (χ4v) is 2.79. The second-order valence-electron chi connectivity index (χ2n) is 5.42. The summed E-state index contributed by atoms with van der Waals surface area (Å²) in [4.78, 5) is 1.83. The lowest BCUT2D eigenvalue weighted by atomic mass is 9.54. The molecule has 0 amide bonds. The molecule has 0 N–H and O–H groups in total. The highest BCUT2D eigenvalue weighted by atomic mass is 19.4. The smallest absolute Gasteiger partial charge is 0.385 e. The first kappa shape index (κ1) is 14.8. The molecule has 0 unspecified atom stereocenters. The van der Waals surface area contributed by atoms with E-state index in [9.17, 15) is 13.2 Å². The van der Waals surface area contributed by atoms with Crippen LogP contribution in [0.25, 0.3) is 6.08 Å². The molecule has 0 atom stereocenters. The molecular formula is C17H15BF3N. The second-order valence-corrected chi connectivity index (χ2v) is 5.42. The molecule has 0 saturated heterocycles. The van der Waals surface area contributed by atoms with Crippen molar-refractivity contribution in [3.05, 3.63) is 71.7 Å². The number of para-hydroxylation sites is 1. The van der Waals surface area contributed by atoms with E-state index in [1.54, 1.807) is 12.1 Å². The molecule has 22 heavy (non-hydrogen) atoms. The first-order chi connectivity index (χ1) is 10.5. The summed E-state index contributed by atoms with van der Waals surface area (Å²) in [6.45, 7) is -0.210. The van der Waals surface area contributed by atoms with E-state index in [1.807, 2.05) is 59.4 Å². The number of hydrogen-bond donors (Lipinski definition) is 0. The monoisotopic (exact) mass is 301 g/mol. The molecule has 0 saturated carbocycles. The van der Waals surface area contributed by atoms with Gasteiger partial charge in [-0.25, -0.2) is 0 Å². The maximum atomic E-state index is 12.9. The van der Waals surface area contributed by atoms with Gasteiger partial charge in [-0.1, -0.05) is 60.6 Å². The molecule has 2 aromatic rings. The third-order valence-electron chi connectivity index (χ3n) is 3.78. The van der Waals surface area contributed by atoms with E-state index in [0.29, 0.717) is 6.54 Å². The van der Waals surface area contributed by atoms with Gasteiger partial charge in [0.15, 0.2) is 0 Å². The van der Waals surface area contributed by atoms with Gasteiger partial charge in [0.1, 0.15) is 0 Å². The molecule has 0 aromatic heterocycles. The molecular weight excluding hydrogens is 286 g/mol. The molecule has 1 aliphatic rings. The number of alkyl halides is 3. The summed E-state index contributed by atoms with van der Waals surface area (Å²) in [7, 11) is 0. The highest BCUT2D eigenvalue weighted by Crippen LogP contribution is 2.33. The Bertz CT molecular complexity index is 667. The van der Waals surface area contributed by atoms with Crippen LogP contribution in [0, 0.1) is 0 Å². The minimum Gasteiger partial charge on any atom is -0.406 e. The maximum absolute atomic E-state index is 12.9. The van der Waals surface area contributed by atoms with Crippen molar-refractivity contribution in [1.82, 2.24) is 0 Å². The first-order valence-corrected chi connectivity index (χ1v) is 7.17. The van der Waals surface area contributed by atoms with E-state index >= 15 is 0 Å². The summed E-state index contributed by atoms with van der Waals surface area (Å²) in [5.41, 5.74) is 2.81. The van der Waals surface area contributed by atoms with Crippen LogP contribution in [0.2, 0.25) is 6.32 Å². The Balaban J connectivity index is 1.94. The number of benzene rings is 2. The number of halogens is 3. The van der Waals surface area contributed by atoms with Crippen LogP contribution in [0.4, 0.5) is 18.9 Å². The van der Waals surface area contributed by atoms with Gasteiger partial charge < -0.3 is 4.81 Å². The third-order valence-corrected chi connectivity index (χ3v) is 3.78. The Kier molecular flexibility index (Phi) is 3.97. The Hall–Kier alpha value is -2.17. The van der Waals surface area contributed by atoms with Gasteiger partial charge >= 0.3 is 6.18 Å². The molecule has 112 valence electrons. The van der Waals surface area contributed by atoms with Crippen LogP contribution in [0.15, 0.2) is 60.6 Å². The number of rotatable bonds is 3. The van der Waals surface area contributed by atoms with Gasteiger partial charge in [-0.2, -0.15) is 13.2 Å². The Morgan fingerprint density at radius 2 is 1.59 bits per heavy atom. The largest absolute Gasteiger partial charge is 0.406 e. The standard InChI is InChI=1S/C17H15BF3N/c19-17(20,21)13-18-11-10-15-8-4-5-9-16(15)22(18)12-14-6-2-1-3-7-14/h1-11H,12-13H2. The van der Waals surface area contributed by atoms with Crippen molar-refractivity contribution in [1.29, 1.82) is 0 Å². The van der Waals surface area contributed by atoms with Crippen LogP contribution in [-0.2, 0) is 6.54 Å². The minimum atomic E-state index is -4.18. The molecule has 2 aromatic carbocycles. The van der Waals surface area contributed by atoms with Crippen LogP contribution in [0.1, 0.15) is 11.1 Å². The molecule has 1 aliphatic heterocycles. The first-order valence-electron chi connectivity index (χ1n) is 7.17. The second kappa shape index (κ2) is 5.91. The van der Waals surface area contributed by atoms with E-state index in [0.717, 1.165) is 16.8 Å². The van der Waals surface area contributed by atoms with Crippen molar-refractivity contribution in [2.75, 3.05) is 4.81 Å². The lowest BCUT2D eigenvalue weighted by Gasteiger charge is -2.34. The average molecular weight is 301 g/mol. The lowest BCUT2D eigenvalue weighted by Crippen LogP contribution is -2.42. The summed E-state index contributed by atoms with van der Waals surface area (Å²) in [5.74, 6) is 1.65. The van der Waals surface area contributed by atoms with Crippen molar-refractivity contribution in [3.63, 3.8) is 0 Å². The Labute approximate surface area is 128 Å². The van der Waals surface area contributed by atoms with E-state index in [2.05, 4.69) is 0 Å². The highest BCUT2D eigenvalue weighted by molar-refractivity contribution is 6.69. The van der Waals surface area contributed by atoms with Gasteiger partial charge in [0, 0.05) is 18.6 Å². The molecule has 0 aliphatic carbocycles. The van der Waals surface area contributed by atoms with E-state index in [1.165, 1.54) is 0 Å². The predicted molar refractivity (Wildman–Crippen MR) is 84.7 cm³/mol. The summed E-state index contributed by atoms with van der Waals surface area (Å²) >= 11 is 0. The van der Waals surface area contributed by atoms with Gasteiger partial charge in [0.05, 0.1) is 0 Å². The highest BCUT2D eigenvalue weighted by Gasteiger charge is 2.38. The molecule has 0 bridgehead atoms. The summed E-state index contributed by atoms with van der Waals surface area (Å²) < 4.78 is 38.6. The van der Waals surface area contributed by atoms with Crippen LogP contribution >= 0.6 is 0 Å². The van der Waals surface area contributed by atoms with Gasteiger partial charge in [0.2, 0.25) is 0 Å². The zero-order valence-electron chi connectivity index (χ0n) is 11.9. The number of hydrogen-bond acceptors (Lipinski definition) is 1. The quantitative estimate of drug-likeness (QED) is 0.735. The normalized spacial score (nSPS) is 14.1. The third kappa shape index (κ3) is 3.35. The van der Waals surface area contributed by atoms with Gasteiger partial charge in [-0.05, 0) is 17.2 Å². The summed E-state index contributed by atoms with van der Waals surface area (Å²) in [6, 6.07) is 17.1. The Morgan fingerprint density at radius 3 is 2.32 bits per heavy atom. The molecule has 1 heterocycles. The molecule has 0 fully saturated rings. The maximum Gasteiger partial charge on any atom is 0.385 e.